The molecule has 0 N–H and O–H groups in total. The second-order valence-electron chi connectivity index (χ2n) is 43.4. The van der Waals surface area contributed by atoms with Gasteiger partial charge in [0.25, 0.3) is 0 Å². The molecule has 644 valence electrons. The molecule has 0 bridgehead atoms. The minimum Gasteiger partial charge on any atom is -0.207 e. The highest BCUT2D eigenvalue weighted by Gasteiger charge is 2.37. The quantitative estimate of drug-likeness (QED) is 0.0827. The van der Waals surface area contributed by atoms with Crippen molar-refractivity contribution >= 4 is 0 Å². The van der Waals surface area contributed by atoms with Gasteiger partial charge in [-0.15, -0.1) is 0 Å². The van der Waals surface area contributed by atoms with Crippen LogP contribution in [0.2, 0.25) is 0 Å². The summed E-state index contributed by atoms with van der Waals surface area (Å²) >= 11 is 0. The molecule has 2 heteroatoms. The minimum absolute atomic E-state index is 0. The summed E-state index contributed by atoms with van der Waals surface area (Å²) in [5.41, 5.74) is 11.1. The average Bonchev–Trinajstić information content (AvgIpc) is 0.838. The average molecular weight is 1570 g/mol. The maximum Gasteiger partial charge on any atom is 0.126 e. The Labute approximate surface area is 709 Å². The molecule has 0 saturated heterocycles. The minimum atomic E-state index is 0. The van der Waals surface area contributed by atoms with Gasteiger partial charge in [-0.1, -0.05) is 238 Å². The van der Waals surface area contributed by atoms with Crippen LogP contribution in [0.3, 0.4) is 0 Å². The summed E-state index contributed by atoms with van der Waals surface area (Å²) in [6.07, 6.45) is 78.4. The van der Waals surface area contributed by atoms with Gasteiger partial charge in [-0.25, -0.2) is 8.78 Å². The van der Waals surface area contributed by atoms with E-state index in [0.29, 0.717) is 23.7 Å². The Kier molecular flexibility index (Phi) is 37.0. The first kappa shape index (κ1) is 91.0. The third-order valence-electron chi connectivity index (χ3n) is 35.8. The van der Waals surface area contributed by atoms with E-state index in [-0.39, 0.29) is 19.1 Å². The van der Waals surface area contributed by atoms with Crippen LogP contribution in [-0.2, 0) is 0 Å². The highest BCUT2D eigenvalue weighted by atomic mass is 19.1. The summed E-state index contributed by atoms with van der Waals surface area (Å²) in [6.45, 7) is 19.0. The lowest BCUT2D eigenvalue weighted by molar-refractivity contribution is 0.164. The van der Waals surface area contributed by atoms with E-state index >= 15 is 8.78 Å². The number of halogens is 2. The van der Waals surface area contributed by atoms with E-state index in [1.54, 1.807) is 22.3 Å². The highest BCUT2D eigenvalue weighted by molar-refractivity contribution is 5.33. The van der Waals surface area contributed by atoms with Crippen LogP contribution in [0, 0.1) is 106 Å². The van der Waals surface area contributed by atoms with Gasteiger partial charge in [0.05, 0.1) is 0 Å². The lowest BCUT2D eigenvalue weighted by atomic mass is 9.68. The Bertz CT molecular complexity index is 3040. The number of hydrogen-bond donors (Lipinski definition) is 0. The van der Waals surface area contributed by atoms with Gasteiger partial charge in [-0.05, 0) is 456 Å². The maximum atomic E-state index is 15.1. The first-order chi connectivity index (χ1) is 55.7. The van der Waals surface area contributed by atoms with Crippen LogP contribution in [0.25, 0.3) is 0 Å². The molecule has 4 aromatic rings. The molecule has 12 saturated carbocycles. The zero-order valence-electron chi connectivity index (χ0n) is 75.3. The normalized spacial score (nSPS) is 36.2. The van der Waals surface area contributed by atoms with Crippen LogP contribution in [0.5, 0.6) is 0 Å². The fourth-order valence-electron chi connectivity index (χ4n) is 27.8. The maximum absolute atomic E-state index is 15.1. The summed E-state index contributed by atoms with van der Waals surface area (Å²) in [7, 11) is 0. The second-order valence-corrected chi connectivity index (χ2v) is 43.4. The van der Waals surface area contributed by atoms with Crippen molar-refractivity contribution in [2.75, 3.05) is 0 Å². The van der Waals surface area contributed by atoms with Crippen LogP contribution >= 0.6 is 0 Å². The summed E-state index contributed by atoms with van der Waals surface area (Å²) in [5.74, 6) is 21.3. The Morgan fingerprint density at radius 1 is 0.200 bits per heavy atom. The summed E-state index contributed by atoms with van der Waals surface area (Å²) in [4.78, 5) is 0. The first-order valence-corrected chi connectivity index (χ1v) is 51.5. The van der Waals surface area contributed by atoms with Gasteiger partial charge in [0.2, 0.25) is 0 Å². The third kappa shape index (κ3) is 26.4. The van der Waals surface area contributed by atoms with Gasteiger partial charge in [-0.3, -0.25) is 0 Å². The van der Waals surface area contributed by atoms with Gasteiger partial charge < -0.3 is 0 Å². The molecule has 12 aliphatic rings. The number of rotatable bonds is 20. The SMILES string of the molecule is C.CCCC1CCC(c2ccc(C3CCC(C4CCC(C)CC4)CC3)c(F)c2)CC1.CCCC1CCC(c2ccc(C3CCC(C4CCC(C)CC4)CC3)c(F)c2)CC1.CCCC1CCC(c2ccc(C3CCC(C4CCC(C)CC4)CC3)cc2)CC1.CCCC1CCC(c2ccc(C3CCC(C4CCC(C)CC4)CC3)cc2)CC1. The molecule has 0 aromatic heterocycles. The lowest BCUT2D eigenvalue weighted by Gasteiger charge is -2.37. The molecule has 12 aliphatic carbocycles. The third-order valence-corrected chi connectivity index (χ3v) is 35.8. The molecule has 12 fully saturated rings. The molecule has 0 unspecified atom stereocenters. The standard InChI is InChI=1S/2C28H43F.2C28H44.CH4/c2*1-3-4-21-7-11-24(12-8-21)26-17-18-27(28(29)19-26)25-15-13-23(14-16-25)22-9-5-20(2)6-10-22;2*1-3-4-22-7-11-24(12-8-22)26-15-19-28(20-16-26)27-17-13-25(14-18-27)23-9-5-21(2)6-10-23;/h2*17-25H,3-16H2,1-2H3;2*15-16,19-25,27H,3-14,17-18H2,1-2H3;1H4. The van der Waals surface area contributed by atoms with E-state index in [9.17, 15) is 0 Å². The van der Waals surface area contributed by atoms with Crippen molar-refractivity contribution in [3.05, 3.63) is 141 Å². The van der Waals surface area contributed by atoms with Crippen molar-refractivity contribution in [2.45, 2.75) is 470 Å². The predicted molar refractivity (Wildman–Crippen MR) is 494 cm³/mol. The van der Waals surface area contributed by atoms with Crippen LogP contribution in [-0.4, -0.2) is 0 Å². The fourth-order valence-corrected chi connectivity index (χ4v) is 27.8. The summed E-state index contributed by atoms with van der Waals surface area (Å²) in [5, 5.41) is 0. The van der Waals surface area contributed by atoms with Crippen LogP contribution in [0.4, 0.5) is 8.78 Å². The topological polar surface area (TPSA) is 0 Å². The summed E-state index contributed by atoms with van der Waals surface area (Å²) < 4.78 is 30.2. The Balaban J connectivity index is 0.000000141. The van der Waals surface area contributed by atoms with Crippen molar-refractivity contribution in [1.82, 2.24) is 0 Å². The van der Waals surface area contributed by atoms with E-state index in [0.717, 1.165) is 129 Å². The van der Waals surface area contributed by atoms with E-state index in [1.165, 1.54) is 371 Å². The van der Waals surface area contributed by atoms with Crippen LogP contribution in [0.15, 0.2) is 84.9 Å². The first-order valence-electron chi connectivity index (χ1n) is 51.5. The molecular formula is C113H178F2. The number of benzene rings is 4. The molecule has 0 aliphatic heterocycles. The van der Waals surface area contributed by atoms with Crippen molar-refractivity contribution in [3.63, 3.8) is 0 Å². The van der Waals surface area contributed by atoms with Gasteiger partial charge in [-0.2, -0.15) is 0 Å². The van der Waals surface area contributed by atoms with Gasteiger partial charge in [0, 0.05) is 0 Å². The lowest BCUT2D eigenvalue weighted by Crippen LogP contribution is -2.25. The predicted octanol–water partition coefficient (Wildman–Crippen LogP) is 36.4. The molecule has 115 heavy (non-hydrogen) atoms. The molecular weight excluding hydrogens is 1400 g/mol. The van der Waals surface area contributed by atoms with E-state index in [1.807, 2.05) is 12.1 Å². The Morgan fingerprint density at radius 3 is 0.539 bits per heavy atom. The molecule has 0 heterocycles. The van der Waals surface area contributed by atoms with E-state index in [2.05, 4.69) is 128 Å². The largest absolute Gasteiger partial charge is 0.207 e. The Hall–Kier alpha value is -3.26. The monoisotopic (exact) mass is 1570 g/mol. The number of hydrogen-bond acceptors (Lipinski definition) is 0. The van der Waals surface area contributed by atoms with Crippen molar-refractivity contribution in [1.29, 1.82) is 0 Å². The van der Waals surface area contributed by atoms with Crippen LogP contribution in [0.1, 0.15) is 514 Å². The molecule has 0 atom stereocenters. The fraction of sp³-hybridized carbons (Fsp3) is 0.788. The molecule has 16 rings (SSSR count). The zero-order chi connectivity index (χ0) is 79.1. The van der Waals surface area contributed by atoms with Gasteiger partial charge in [0.15, 0.2) is 0 Å². The van der Waals surface area contributed by atoms with E-state index in [4.69, 9.17) is 0 Å². The molecule has 0 amide bonds. The molecule has 0 nitrogen and oxygen atoms in total. The van der Waals surface area contributed by atoms with Crippen LogP contribution < -0.4 is 0 Å². The Morgan fingerprint density at radius 2 is 0.357 bits per heavy atom. The van der Waals surface area contributed by atoms with Crippen molar-refractivity contribution in [3.8, 4) is 0 Å². The van der Waals surface area contributed by atoms with Gasteiger partial charge in [0.1, 0.15) is 11.6 Å². The molecule has 0 radical (unpaired) electrons. The highest BCUT2D eigenvalue weighted by Crippen LogP contribution is 2.52. The molecule has 4 aromatic carbocycles. The second kappa shape index (κ2) is 46.8. The van der Waals surface area contributed by atoms with Gasteiger partial charge >= 0.3 is 0 Å². The zero-order valence-corrected chi connectivity index (χ0v) is 75.3. The molecule has 0 spiro atoms. The van der Waals surface area contributed by atoms with Crippen molar-refractivity contribution < 1.29 is 8.78 Å². The summed E-state index contributed by atoms with van der Waals surface area (Å²) in [6, 6.07) is 32.7. The smallest absolute Gasteiger partial charge is 0.126 e. The van der Waals surface area contributed by atoms with E-state index < -0.39 is 0 Å². The van der Waals surface area contributed by atoms with Crippen molar-refractivity contribution in [2.24, 2.45) is 94.7 Å².